The summed E-state index contributed by atoms with van der Waals surface area (Å²) in [6.45, 7) is 9.97. The van der Waals surface area contributed by atoms with Crippen LogP contribution in [-0.2, 0) is 24.3 Å². The summed E-state index contributed by atoms with van der Waals surface area (Å²) in [5.41, 5.74) is 4.58. The van der Waals surface area contributed by atoms with Crippen LogP contribution in [-0.4, -0.2) is 34.8 Å². The Morgan fingerprint density at radius 1 is 1.36 bits per heavy atom. The molecule has 1 N–H and O–H groups in total. The van der Waals surface area contributed by atoms with Crippen LogP contribution in [0.2, 0.25) is 0 Å². The molecule has 4 rings (SSSR count). The average molecular weight is 398 g/mol. The Labute approximate surface area is 166 Å². The van der Waals surface area contributed by atoms with Crippen LogP contribution in [0, 0.1) is 6.92 Å². The molecule has 0 saturated carbocycles. The van der Waals surface area contributed by atoms with Crippen molar-refractivity contribution in [2.45, 2.75) is 52.3 Å². The molecule has 0 spiro atoms. The predicted molar refractivity (Wildman–Crippen MR) is 112 cm³/mol. The lowest BCUT2D eigenvalue weighted by atomic mass is 10.0. The minimum absolute atomic E-state index is 0.0680. The number of H-pyrrole nitrogens is 1. The molecule has 0 radical (unpaired) electrons. The first-order valence-corrected chi connectivity index (χ1v) is 10.3. The van der Waals surface area contributed by atoms with E-state index >= 15 is 0 Å². The second-order valence-corrected chi connectivity index (χ2v) is 10.0. The van der Waals surface area contributed by atoms with Gasteiger partial charge in [-0.1, -0.05) is 4.40 Å². The van der Waals surface area contributed by atoms with Crippen LogP contribution < -0.4 is 5.56 Å². The quantitative estimate of drug-likeness (QED) is 0.531. The van der Waals surface area contributed by atoms with Crippen LogP contribution in [0.4, 0.5) is 0 Å². The largest absolute Gasteiger partial charge is 0.591 e. The third kappa shape index (κ3) is 3.06. The van der Waals surface area contributed by atoms with Crippen LogP contribution in [0.1, 0.15) is 44.5 Å². The van der Waals surface area contributed by atoms with Gasteiger partial charge in [0, 0.05) is 24.7 Å². The highest BCUT2D eigenvalue weighted by molar-refractivity contribution is 7.91. The van der Waals surface area contributed by atoms with E-state index in [1.54, 1.807) is 10.8 Å². The van der Waals surface area contributed by atoms with Crippen molar-refractivity contribution in [2.75, 3.05) is 0 Å². The summed E-state index contributed by atoms with van der Waals surface area (Å²) in [5.74, 6) is 0.613. The second kappa shape index (κ2) is 6.56. The van der Waals surface area contributed by atoms with Crippen LogP contribution >= 0.6 is 0 Å². The molecule has 0 amide bonds. The molecule has 0 saturated heterocycles. The van der Waals surface area contributed by atoms with Gasteiger partial charge in [-0.05, 0) is 52.3 Å². The van der Waals surface area contributed by atoms with Crippen LogP contribution in [0.3, 0.4) is 0 Å². The van der Waals surface area contributed by atoms with E-state index in [1.165, 1.54) is 0 Å². The van der Waals surface area contributed by atoms with Gasteiger partial charge in [0.2, 0.25) is 0 Å². The van der Waals surface area contributed by atoms with Gasteiger partial charge in [-0.2, -0.15) is 5.10 Å². The smallest absolute Gasteiger partial charge is 0.261 e. The number of hydrogen-bond donors (Lipinski definition) is 1. The maximum Gasteiger partial charge on any atom is 0.261 e. The fourth-order valence-corrected chi connectivity index (χ4v) is 4.01. The van der Waals surface area contributed by atoms with Crippen molar-refractivity contribution in [1.82, 2.24) is 19.7 Å². The maximum absolute atomic E-state index is 13.2. The number of fused-ring (bicyclic) bond motifs is 4. The molecule has 1 unspecified atom stereocenters. The summed E-state index contributed by atoms with van der Waals surface area (Å²) in [5, 5.41) is 7.68. The Morgan fingerprint density at radius 2 is 2.11 bits per heavy atom. The van der Waals surface area contributed by atoms with Gasteiger partial charge >= 0.3 is 0 Å². The van der Waals surface area contributed by atoms with Crippen LogP contribution in [0.15, 0.2) is 27.5 Å². The van der Waals surface area contributed by atoms with Crippen molar-refractivity contribution in [3.8, 4) is 11.4 Å². The Balaban J connectivity index is 1.99. The zero-order valence-electron chi connectivity index (χ0n) is 16.7. The van der Waals surface area contributed by atoms with Gasteiger partial charge in [0.1, 0.15) is 21.9 Å². The zero-order chi connectivity index (χ0) is 20.2. The number of nitrogens with one attached hydrogen (secondary N) is 1. The first kappa shape index (κ1) is 18.9. The summed E-state index contributed by atoms with van der Waals surface area (Å²) < 4.78 is 18.2. The number of aromatic nitrogens is 4. The standard InChI is InChI=1S/C20H23N5O2S/c1-11-8-13(12(2)24-28(27)20(3,4)5)17-14(9-11)19(26)25-7-6-16-15(10-21-23-16)18(25)22-17/h8-10H,6-7H2,1-5H3,(H,21,23). The van der Waals surface area contributed by atoms with Gasteiger partial charge in [-0.25, -0.2) is 4.98 Å². The number of aromatic amines is 1. The molecule has 146 valence electrons. The van der Waals surface area contributed by atoms with Crippen molar-refractivity contribution < 1.29 is 4.55 Å². The molecule has 1 aliphatic rings. The lowest BCUT2D eigenvalue weighted by molar-refractivity contribution is 0.561. The minimum Gasteiger partial charge on any atom is -0.591 e. The second-order valence-electron chi connectivity index (χ2n) is 8.13. The van der Waals surface area contributed by atoms with Gasteiger partial charge in [0.05, 0.1) is 27.9 Å². The number of aryl methyl sites for hydroxylation is 2. The minimum atomic E-state index is -1.39. The molecule has 1 atom stereocenters. The van der Waals surface area contributed by atoms with Crippen molar-refractivity contribution in [1.29, 1.82) is 0 Å². The third-order valence-electron chi connectivity index (χ3n) is 4.87. The molecule has 3 aromatic rings. The molecule has 0 aliphatic carbocycles. The first-order chi connectivity index (χ1) is 13.2. The monoisotopic (exact) mass is 397 g/mol. The molecule has 28 heavy (non-hydrogen) atoms. The Morgan fingerprint density at radius 3 is 2.82 bits per heavy atom. The van der Waals surface area contributed by atoms with Crippen LogP contribution in [0.5, 0.6) is 0 Å². The lowest BCUT2D eigenvalue weighted by Crippen LogP contribution is -2.28. The molecule has 2 aromatic heterocycles. The molecule has 8 heteroatoms. The Kier molecular flexibility index (Phi) is 4.43. The Hall–Kier alpha value is -2.45. The summed E-state index contributed by atoms with van der Waals surface area (Å²) in [4.78, 5) is 18.1. The van der Waals surface area contributed by atoms with E-state index in [-0.39, 0.29) is 5.56 Å². The molecule has 1 aromatic carbocycles. The highest BCUT2D eigenvalue weighted by Crippen LogP contribution is 2.28. The van der Waals surface area contributed by atoms with E-state index in [4.69, 9.17) is 4.98 Å². The number of nitrogens with zero attached hydrogens (tertiary/aromatic N) is 4. The van der Waals surface area contributed by atoms with Crippen molar-refractivity contribution in [3.63, 3.8) is 0 Å². The summed E-state index contributed by atoms with van der Waals surface area (Å²) >= 11 is -1.39. The van der Waals surface area contributed by atoms with Crippen molar-refractivity contribution >= 4 is 28.0 Å². The lowest BCUT2D eigenvalue weighted by Gasteiger charge is -2.20. The van der Waals surface area contributed by atoms with E-state index < -0.39 is 16.1 Å². The molecule has 0 bridgehead atoms. The molecule has 7 nitrogen and oxygen atoms in total. The third-order valence-corrected chi connectivity index (χ3v) is 6.36. The van der Waals surface area contributed by atoms with Crippen LogP contribution in [0.25, 0.3) is 22.3 Å². The summed E-state index contributed by atoms with van der Waals surface area (Å²) in [6, 6.07) is 3.81. The van der Waals surface area contributed by atoms with Gasteiger partial charge in [-0.3, -0.25) is 14.5 Å². The highest BCUT2D eigenvalue weighted by atomic mass is 32.2. The number of hydrogen-bond acceptors (Lipinski definition) is 5. The SMILES string of the molecule is CC(=N[S+]([O-])C(C)(C)C)c1cc(C)cc2c(=O)n3c(nc12)-c1c[nH]nc1CC3. The van der Waals surface area contributed by atoms with E-state index in [0.29, 0.717) is 35.4 Å². The average Bonchev–Trinajstić information content (AvgIpc) is 3.10. The van der Waals surface area contributed by atoms with E-state index in [9.17, 15) is 9.35 Å². The molecule has 1 aliphatic heterocycles. The first-order valence-electron chi connectivity index (χ1n) is 9.22. The highest BCUT2D eigenvalue weighted by Gasteiger charge is 2.28. The van der Waals surface area contributed by atoms with E-state index in [2.05, 4.69) is 14.6 Å². The Bertz CT molecular complexity index is 1170. The van der Waals surface area contributed by atoms with Gasteiger partial charge in [0.15, 0.2) is 0 Å². The molecule has 3 heterocycles. The van der Waals surface area contributed by atoms with E-state index in [1.807, 2.05) is 46.8 Å². The maximum atomic E-state index is 13.2. The van der Waals surface area contributed by atoms with Gasteiger partial charge in [-0.15, -0.1) is 0 Å². The summed E-state index contributed by atoms with van der Waals surface area (Å²) in [6.07, 6.45) is 2.48. The molecular formula is C20H23N5O2S. The summed E-state index contributed by atoms with van der Waals surface area (Å²) in [7, 11) is 0. The van der Waals surface area contributed by atoms with Crippen molar-refractivity contribution in [3.05, 3.63) is 45.5 Å². The van der Waals surface area contributed by atoms with Gasteiger partial charge < -0.3 is 4.55 Å². The fourth-order valence-electron chi connectivity index (χ4n) is 3.39. The van der Waals surface area contributed by atoms with Crippen molar-refractivity contribution in [2.24, 2.45) is 4.40 Å². The molecular weight excluding hydrogens is 374 g/mol. The molecule has 0 fully saturated rings. The topological polar surface area (TPSA) is 99.0 Å². The fraction of sp³-hybridized carbons (Fsp3) is 0.400. The van der Waals surface area contributed by atoms with E-state index in [0.717, 1.165) is 22.4 Å². The predicted octanol–water partition coefficient (Wildman–Crippen LogP) is 2.92. The van der Waals surface area contributed by atoms with Gasteiger partial charge in [0.25, 0.3) is 5.56 Å². The number of rotatable bonds is 2. The number of benzene rings is 1. The zero-order valence-corrected chi connectivity index (χ0v) is 17.5. The normalized spacial score (nSPS) is 15.4.